The van der Waals surface area contributed by atoms with Crippen molar-refractivity contribution >= 4 is 12.0 Å². The molecule has 19 heavy (non-hydrogen) atoms. The summed E-state index contributed by atoms with van der Waals surface area (Å²) in [5.74, 6) is 0.0296. The summed E-state index contributed by atoms with van der Waals surface area (Å²) < 4.78 is 0. The lowest BCUT2D eigenvalue weighted by atomic mass is 9.91. The topological polar surface area (TPSA) is 53.4 Å². The van der Waals surface area contributed by atoms with E-state index in [1.807, 2.05) is 17.0 Å². The maximum atomic E-state index is 12.2. The van der Waals surface area contributed by atoms with Crippen LogP contribution in [0.5, 0.6) is 0 Å². The first kappa shape index (κ1) is 13.7. The second-order valence-electron chi connectivity index (χ2n) is 4.81. The lowest BCUT2D eigenvalue weighted by Gasteiger charge is -2.37. The molecule has 1 saturated carbocycles. The summed E-state index contributed by atoms with van der Waals surface area (Å²) in [4.78, 5) is 18.1. The van der Waals surface area contributed by atoms with E-state index < -0.39 is 0 Å². The number of aliphatic hydroxyl groups excluding tert-OH is 1. The zero-order valence-electron chi connectivity index (χ0n) is 11.0. The Morgan fingerprint density at radius 2 is 2.37 bits per heavy atom. The van der Waals surface area contributed by atoms with E-state index in [2.05, 4.69) is 4.98 Å². The molecule has 0 aromatic carbocycles. The molecule has 1 aromatic heterocycles. The normalized spacial score (nSPS) is 15.4. The molecule has 1 amide bonds. The third kappa shape index (κ3) is 3.89. The Labute approximate surface area is 113 Å². The van der Waals surface area contributed by atoms with Crippen molar-refractivity contribution in [3.63, 3.8) is 0 Å². The average Bonchev–Trinajstić information content (AvgIpc) is 2.39. The highest BCUT2D eigenvalue weighted by atomic mass is 16.3. The predicted octanol–water partition coefficient (Wildman–Crippen LogP) is 1.86. The van der Waals surface area contributed by atoms with Crippen LogP contribution in [0.2, 0.25) is 0 Å². The fraction of sp³-hybridized carbons (Fsp3) is 0.467. The van der Waals surface area contributed by atoms with Gasteiger partial charge in [0.1, 0.15) is 0 Å². The summed E-state index contributed by atoms with van der Waals surface area (Å²) in [6.07, 6.45) is 10.8. The number of carbonyl (C=O) groups excluding carboxylic acids is 1. The Morgan fingerprint density at radius 1 is 1.53 bits per heavy atom. The van der Waals surface area contributed by atoms with Gasteiger partial charge in [-0.2, -0.15) is 0 Å². The number of carbonyl (C=O) groups is 1. The monoisotopic (exact) mass is 260 g/mol. The molecule has 0 aliphatic heterocycles. The van der Waals surface area contributed by atoms with Crippen molar-refractivity contribution in [2.75, 3.05) is 13.2 Å². The number of rotatable bonds is 6. The van der Waals surface area contributed by atoms with Crippen molar-refractivity contribution in [3.05, 3.63) is 36.2 Å². The second-order valence-corrected chi connectivity index (χ2v) is 4.81. The van der Waals surface area contributed by atoms with Crippen LogP contribution >= 0.6 is 0 Å². The van der Waals surface area contributed by atoms with E-state index in [9.17, 15) is 4.79 Å². The van der Waals surface area contributed by atoms with Crippen LogP contribution < -0.4 is 0 Å². The molecule has 0 radical (unpaired) electrons. The minimum absolute atomic E-state index is 0.0296. The van der Waals surface area contributed by atoms with Crippen LogP contribution in [0.3, 0.4) is 0 Å². The summed E-state index contributed by atoms with van der Waals surface area (Å²) in [5, 5.41) is 8.91. The van der Waals surface area contributed by atoms with Crippen LogP contribution in [0.4, 0.5) is 0 Å². The molecule has 102 valence electrons. The molecule has 0 bridgehead atoms. The molecular weight excluding hydrogens is 240 g/mol. The maximum Gasteiger partial charge on any atom is 0.246 e. The van der Waals surface area contributed by atoms with Gasteiger partial charge in [-0.15, -0.1) is 0 Å². The summed E-state index contributed by atoms with van der Waals surface area (Å²) >= 11 is 0. The van der Waals surface area contributed by atoms with E-state index >= 15 is 0 Å². The first-order valence-electron chi connectivity index (χ1n) is 6.81. The Hall–Kier alpha value is -1.68. The Kier molecular flexibility index (Phi) is 5.10. The smallest absolute Gasteiger partial charge is 0.246 e. The van der Waals surface area contributed by atoms with E-state index in [0.717, 1.165) is 18.4 Å². The zero-order chi connectivity index (χ0) is 13.5. The SMILES string of the molecule is O=C(/C=C/c1cccnc1)N(CCCO)C1CCC1. The van der Waals surface area contributed by atoms with Crippen LogP contribution in [-0.2, 0) is 4.79 Å². The van der Waals surface area contributed by atoms with E-state index in [4.69, 9.17) is 5.11 Å². The molecule has 1 aliphatic carbocycles. The molecule has 1 N–H and O–H groups in total. The molecule has 1 aromatic rings. The Balaban J connectivity index is 1.96. The van der Waals surface area contributed by atoms with Crippen LogP contribution in [0.25, 0.3) is 6.08 Å². The number of aromatic nitrogens is 1. The van der Waals surface area contributed by atoms with Gasteiger partial charge in [0.25, 0.3) is 0 Å². The highest BCUT2D eigenvalue weighted by Gasteiger charge is 2.26. The van der Waals surface area contributed by atoms with Gasteiger partial charge in [-0.25, -0.2) is 0 Å². The Morgan fingerprint density at radius 3 is 2.95 bits per heavy atom. The van der Waals surface area contributed by atoms with E-state index in [1.54, 1.807) is 24.5 Å². The van der Waals surface area contributed by atoms with Gasteiger partial charge in [0.15, 0.2) is 0 Å². The van der Waals surface area contributed by atoms with Crippen LogP contribution in [0.15, 0.2) is 30.6 Å². The molecule has 4 nitrogen and oxygen atoms in total. The minimum atomic E-state index is 0.0296. The third-order valence-electron chi connectivity index (χ3n) is 3.46. The lowest BCUT2D eigenvalue weighted by molar-refractivity contribution is -0.130. The zero-order valence-corrected chi connectivity index (χ0v) is 11.0. The maximum absolute atomic E-state index is 12.2. The number of hydrogen-bond acceptors (Lipinski definition) is 3. The van der Waals surface area contributed by atoms with Gasteiger partial charge in [0.2, 0.25) is 5.91 Å². The van der Waals surface area contributed by atoms with Gasteiger partial charge in [-0.1, -0.05) is 6.07 Å². The quantitative estimate of drug-likeness (QED) is 0.794. The number of nitrogens with zero attached hydrogens (tertiary/aromatic N) is 2. The summed E-state index contributed by atoms with van der Waals surface area (Å²) in [5.41, 5.74) is 0.923. The highest BCUT2D eigenvalue weighted by Crippen LogP contribution is 2.25. The van der Waals surface area contributed by atoms with E-state index in [-0.39, 0.29) is 12.5 Å². The van der Waals surface area contributed by atoms with Gasteiger partial charge in [-0.05, 0) is 43.4 Å². The molecule has 0 atom stereocenters. The van der Waals surface area contributed by atoms with Crippen molar-refractivity contribution < 1.29 is 9.90 Å². The van der Waals surface area contributed by atoms with Gasteiger partial charge < -0.3 is 10.0 Å². The molecule has 4 heteroatoms. The fourth-order valence-electron chi connectivity index (χ4n) is 2.15. The molecule has 2 rings (SSSR count). The molecular formula is C15H20N2O2. The molecule has 1 fully saturated rings. The van der Waals surface area contributed by atoms with Gasteiger partial charge in [0.05, 0.1) is 0 Å². The molecule has 1 aliphatic rings. The predicted molar refractivity (Wildman–Crippen MR) is 74.3 cm³/mol. The Bertz CT molecular complexity index is 427. The van der Waals surface area contributed by atoms with E-state index in [0.29, 0.717) is 19.0 Å². The number of amides is 1. The lowest BCUT2D eigenvalue weighted by Crippen LogP contribution is -2.44. The first-order chi connectivity index (χ1) is 9.31. The molecule has 0 saturated heterocycles. The largest absolute Gasteiger partial charge is 0.396 e. The van der Waals surface area contributed by atoms with Crippen LogP contribution in [-0.4, -0.2) is 40.1 Å². The van der Waals surface area contributed by atoms with Gasteiger partial charge in [0, 0.05) is 37.7 Å². The van der Waals surface area contributed by atoms with Crippen LogP contribution in [0.1, 0.15) is 31.2 Å². The summed E-state index contributed by atoms with van der Waals surface area (Å²) in [6.45, 7) is 0.764. The second kappa shape index (κ2) is 7.04. The van der Waals surface area contributed by atoms with Crippen molar-refractivity contribution in [1.82, 2.24) is 9.88 Å². The van der Waals surface area contributed by atoms with Crippen LogP contribution in [0, 0.1) is 0 Å². The van der Waals surface area contributed by atoms with Gasteiger partial charge in [-0.3, -0.25) is 9.78 Å². The van der Waals surface area contributed by atoms with Gasteiger partial charge >= 0.3 is 0 Å². The standard InChI is InChI=1S/C15H20N2O2/c18-11-3-10-17(14-5-1-6-14)15(19)8-7-13-4-2-9-16-12-13/h2,4,7-9,12,14,18H,1,3,5-6,10-11H2/b8-7+. The van der Waals surface area contributed by atoms with Crippen molar-refractivity contribution in [2.45, 2.75) is 31.7 Å². The first-order valence-corrected chi connectivity index (χ1v) is 6.81. The number of pyridine rings is 1. The molecule has 1 heterocycles. The summed E-state index contributed by atoms with van der Waals surface area (Å²) in [7, 11) is 0. The van der Waals surface area contributed by atoms with Crippen molar-refractivity contribution in [2.24, 2.45) is 0 Å². The third-order valence-corrected chi connectivity index (χ3v) is 3.46. The van der Waals surface area contributed by atoms with Crippen molar-refractivity contribution in [1.29, 1.82) is 0 Å². The van der Waals surface area contributed by atoms with Crippen molar-refractivity contribution in [3.8, 4) is 0 Å². The van der Waals surface area contributed by atoms with E-state index in [1.165, 1.54) is 6.42 Å². The summed E-state index contributed by atoms with van der Waals surface area (Å²) in [6, 6.07) is 4.12. The highest BCUT2D eigenvalue weighted by molar-refractivity contribution is 5.92. The number of hydrogen-bond donors (Lipinski definition) is 1. The number of aliphatic hydroxyl groups is 1. The molecule has 0 unspecified atom stereocenters. The minimum Gasteiger partial charge on any atom is -0.396 e. The fourth-order valence-corrected chi connectivity index (χ4v) is 2.15. The average molecular weight is 260 g/mol. The molecule has 0 spiro atoms.